The van der Waals surface area contributed by atoms with Gasteiger partial charge in [0.25, 0.3) is 0 Å². The van der Waals surface area contributed by atoms with Crippen LogP contribution in [0.4, 0.5) is 13.2 Å². The largest absolute Gasteiger partial charge is 0.545 e. The fraction of sp³-hybridized carbons (Fsp3) is 0.375. The summed E-state index contributed by atoms with van der Waals surface area (Å²) in [6, 6.07) is 0. The van der Waals surface area contributed by atoms with Gasteiger partial charge < -0.3 is 9.90 Å². The number of hydrogen-bond acceptors (Lipinski definition) is 4. The Hall–Kier alpha value is -1.66. The molecular formula is C8H6F3N2O2-. The van der Waals surface area contributed by atoms with E-state index in [1.165, 1.54) is 6.92 Å². The molecule has 1 rings (SSSR count). The maximum absolute atomic E-state index is 12.1. The molecule has 0 aliphatic heterocycles. The summed E-state index contributed by atoms with van der Waals surface area (Å²) in [6.45, 7) is 1.49. The van der Waals surface area contributed by atoms with E-state index in [1.807, 2.05) is 0 Å². The van der Waals surface area contributed by atoms with Crippen molar-refractivity contribution >= 4 is 5.97 Å². The van der Waals surface area contributed by atoms with Gasteiger partial charge in [0.05, 0.1) is 11.7 Å². The predicted octanol–water partition coefficient (Wildman–Crippen LogP) is 0.421. The van der Waals surface area contributed by atoms with Gasteiger partial charge in [-0.3, -0.25) is 0 Å². The topological polar surface area (TPSA) is 65.9 Å². The first-order valence-corrected chi connectivity index (χ1v) is 4.00. The third-order valence-corrected chi connectivity index (χ3v) is 1.68. The number of halogens is 3. The third-order valence-electron chi connectivity index (χ3n) is 1.68. The van der Waals surface area contributed by atoms with Gasteiger partial charge in [-0.2, -0.15) is 13.2 Å². The number of aromatic carboxylic acids is 1. The van der Waals surface area contributed by atoms with Crippen LogP contribution < -0.4 is 5.11 Å². The number of alkyl halides is 3. The zero-order valence-electron chi connectivity index (χ0n) is 7.63. The number of hydrogen-bond donors (Lipinski definition) is 0. The van der Waals surface area contributed by atoms with Crippen molar-refractivity contribution in [3.63, 3.8) is 0 Å². The Bertz CT molecular complexity index is 390. The molecule has 15 heavy (non-hydrogen) atoms. The standard InChI is InChI=1S/C8H7F3N2O2/c1-2-5-4(6(14)15)3-12-7(13-5)8(9,10)11/h3H,2H2,1H3,(H,14,15)/p-1. The Morgan fingerprint density at radius 3 is 2.53 bits per heavy atom. The Morgan fingerprint density at radius 1 is 1.53 bits per heavy atom. The lowest BCUT2D eigenvalue weighted by atomic mass is 10.2. The van der Waals surface area contributed by atoms with Gasteiger partial charge in [0, 0.05) is 11.8 Å². The highest BCUT2D eigenvalue weighted by Crippen LogP contribution is 2.26. The van der Waals surface area contributed by atoms with Gasteiger partial charge in [0.1, 0.15) is 0 Å². The van der Waals surface area contributed by atoms with Crippen molar-refractivity contribution < 1.29 is 23.1 Å². The van der Waals surface area contributed by atoms with Crippen molar-refractivity contribution in [2.24, 2.45) is 0 Å². The molecule has 0 aliphatic carbocycles. The molecule has 82 valence electrons. The van der Waals surface area contributed by atoms with Crippen LogP contribution in [0.2, 0.25) is 0 Å². The molecule has 4 nitrogen and oxygen atoms in total. The number of aryl methyl sites for hydroxylation is 1. The number of aromatic nitrogens is 2. The van der Waals surface area contributed by atoms with E-state index in [1.54, 1.807) is 0 Å². The smallest absolute Gasteiger partial charge is 0.451 e. The monoisotopic (exact) mass is 219 g/mol. The minimum Gasteiger partial charge on any atom is -0.545 e. The van der Waals surface area contributed by atoms with Gasteiger partial charge in [-0.1, -0.05) is 6.92 Å². The minimum atomic E-state index is -4.67. The Balaban J connectivity index is 3.25. The van der Waals surface area contributed by atoms with Crippen molar-refractivity contribution in [1.29, 1.82) is 0 Å². The van der Waals surface area contributed by atoms with Crippen LogP contribution in [0.3, 0.4) is 0 Å². The molecule has 0 fully saturated rings. The van der Waals surface area contributed by atoms with Crippen LogP contribution in [0.5, 0.6) is 0 Å². The lowest BCUT2D eigenvalue weighted by Crippen LogP contribution is -2.26. The molecule has 1 aromatic heterocycles. The number of carbonyl (C=O) groups excluding carboxylic acids is 1. The SMILES string of the molecule is CCc1nc(C(F)(F)F)ncc1C(=O)[O-]. The van der Waals surface area contributed by atoms with Crippen LogP contribution in [-0.4, -0.2) is 15.9 Å². The minimum absolute atomic E-state index is 0.0644. The number of nitrogens with zero attached hydrogens (tertiary/aromatic N) is 2. The van der Waals surface area contributed by atoms with Crippen molar-refractivity contribution in [2.45, 2.75) is 19.5 Å². The van der Waals surface area contributed by atoms with Crippen molar-refractivity contribution in [2.75, 3.05) is 0 Å². The Kier molecular flexibility index (Phi) is 2.92. The maximum atomic E-state index is 12.1. The molecule has 0 bridgehead atoms. The Morgan fingerprint density at radius 2 is 2.13 bits per heavy atom. The molecule has 0 atom stereocenters. The van der Waals surface area contributed by atoms with Crippen molar-refractivity contribution in [1.82, 2.24) is 9.97 Å². The van der Waals surface area contributed by atoms with E-state index < -0.39 is 23.5 Å². The van der Waals surface area contributed by atoms with Crippen LogP contribution in [-0.2, 0) is 12.6 Å². The molecule has 0 aliphatic rings. The first kappa shape index (κ1) is 11.4. The normalized spacial score (nSPS) is 11.5. The highest BCUT2D eigenvalue weighted by atomic mass is 19.4. The van der Waals surface area contributed by atoms with Crippen LogP contribution in [0.25, 0.3) is 0 Å². The van der Waals surface area contributed by atoms with E-state index in [4.69, 9.17) is 0 Å². The summed E-state index contributed by atoms with van der Waals surface area (Å²) < 4.78 is 36.4. The van der Waals surface area contributed by atoms with Gasteiger partial charge in [-0.25, -0.2) is 9.97 Å². The summed E-state index contributed by atoms with van der Waals surface area (Å²) in [5, 5.41) is 10.5. The third kappa shape index (κ3) is 2.42. The van der Waals surface area contributed by atoms with E-state index in [0.717, 1.165) is 0 Å². The summed E-state index contributed by atoms with van der Waals surface area (Å²) in [6.07, 6.45) is -3.99. The lowest BCUT2D eigenvalue weighted by molar-refractivity contribution is -0.255. The van der Waals surface area contributed by atoms with E-state index >= 15 is 0 Å². The van der Waals surface area contributed by atoms with Gasteiger partial charge in [0.15, 0.2) is 0 Å². The number of carboxylic acid groups (broad SMARTS) is 1. The number of carbonyl (C=O) groups is 1. The second kappa shape index (κ2) is 3.84. The molecular weight excluding hydrogens is 213 g/mol. The molecule has 0 spiro atoms. The van der Waals surface area contributed by atoms with E-state index in [2.05, 4.69) is 9.97 Å². The average molecular weight is 219 g/mol. The molecule has 7 heteroatoms. The van der Waals surface area contributed by atoms with Crippen LogP contribution in [0.15, 0.2) is 6.20 Å². The molecule has 1 aromatic rings. The van der Waals surface area contributed by atoms with Crippen LogP contribution in [0, 0.1) is 0 Å². The highest BCUT2D eigenvalue weighted by Gasteiger charge is 2.35. The Labute approximate surface area is 82.8 Å². The number of rotatable bonds is 2. The fourth-order valence-corrected chi connectivity index (χ4v) is 0.994. The van der Waals surface area contributed by atoms with Gasteiger partial charge in [-0.05, 0) is 6.42 Å². The second-order valence-electron chi connectivity index (χ2n) is 2.69. The van der Waals surface area contributed by atoms with Crippen molar-refractivity contribution in [3.8, 4) is 0 Å². The second-order valence-corrected chi connectivity index (χ2v) is 2.69. The summed E-state index contributed by atoms with van der Waals surface area (Å²) in [5.74, 6) is -2.93. The maximum Gasteiger partial charge on any atom is 0.451 e. The fourth-order valence-electron chi connectivity index (χ4n) is 0.994. The molecule has 0 aromatic carbocycles. The van der Waals surface area contributed by atoms with E-state index in [-0.39, 0.29) is 12.1 Å². The molecule has 0 amide bonds. The summed E-state index contributed by atoms with van der Waals surface area (Å²) in [7, 11) is 0. The zero-order valence-corrected chi connectivity index (χ0v) is 7.63. The predicted molar refractivity (Wildman–Crippen MR) is 40.7 cm³/mol. The zero-order chi connectivity index (χ0) is 11.6. The quantitative estimate of drug-likeness (QED) is 0.723. The molecule has 0 saturated carbocycles. The first-order valence-electron chi connectivity index (χ1n) is 4.00. The van der Waals surface area contributed by atoms with Crippen LogP contribution >= 0.6 is 0 Å². The first-order chi connectivity index (χ1) is 6.86. The van der Waals surface area contributed by atoms with Gasteiger partial charge in [-0.15, -0.1) is 0 Å². The average Bonchev–Trinajstić information content (AvgIpc) is 2.15. The summed E-state index contributed by atoms with van der Waals surface area (Å²) in [4.78, 5) is 16.5. The highest BCUT2D eigenvalue weighted by molar-refractivity contribution is 5.86. The molecule has 0 radical (unpaired) electrons. The molecule has 1 heterocycles. The van der Waals surface area contributed by atoms with E-state index in [9.17, 15) is 23.1 Å². The summed E-state index contributed by atoms with van der Waals surface area (Å²) >= 11 is 0. The van der Waals surface area contributed by atoms with Gasteiger partial charge in [0.2, 0.25) is 5.82 Å². The molecule has 0 unspecified atom stereocenters. The lowest BCUT2D eigenvalue weighted by Gasteiger charge is -2.10. The molecule has 0 saturated heterocycles. The van der Waals surface area contributed by atoms with Crippen LogP contribution in [0.1, 0.15) is 28.8 Å². The van der Waals surface area contributed by atoms with Gasteiger partial charge >= 0.3 is 6.18 Å². The van der Waals surface area contributed by atoms with E-state index in [0.29, 0.717) is 6.20 Å². The van der Waals surface area contributed by atoms with Crippen molar-refractivity contribution in [3.05, 3.63) is 23.3 Å². The molecule has 0 N–H and O–H groups in total. The summed E-state index contributed by atoms with van der Waals surface area (Å²) in [5.41, 5.74) is -0.595. The number of carboxylic acids is 1.